The maximum absolute atomic E-state index is 12.9. The van der Waals surface area contributed by atoms with Crippen molar-refractivity contribution in [2.24, 2.45) is 0 Å². The Hall–Kier alpha value is -2.83. The third-order valence-electron chi connectivity index (χ3n) is 5.36. The molecule has 0 saturated heterocycles. The van der Waals surface area contributed by atoms with Crippen LogP contribution in [0.25, 0.3) is 11.4 Å². The summed E-state index contributed by atoms with van der Waals surface area (Å²) in [5.41, 5.74) is 3.56. The predicted octanol–water partition coefficient (Wildman–Crippen LogP) is 5.50. The van der Waals surface area contributed by atoms with E-state index in [1.54, 1.807) is 23.1 Å². The van der Waals surface area contributed by atoms with Crippen molar-refractivity contribution in [2.45, 2.75) is 19.9 Å². The van der Waals surface area contributed by atoms with Crippen molar-refractivity contribution in [2.75, 3.05) is 30.4 Å². The maximum Gasteiger partial charge on any atom is 0.322 e. The molecule has 1 aliphatic rings. The van der Waals surface area contributed by atoms with E-state index in [0.29, 0.717) is 41.1 Å². The monoisotopic (exact) mass is 455 g/mol. The lowest BCUT2D eigenvalue weighted by Crippen LogP contribution is -2.40. The van der Waals surface area contributed by atoms with Gasteiger partial charge in [-0.05, 0) is 25.1 Å². The molecule has 31 heavy (non-hydrogen) atoms. The highest BCUT2D eigenvalue weighted by atomic mass is 35.5. The highest BCUT2D eigenvalue weighted by Gasteiger charge is 2.27. The van der Waals surface area contributed by atoms with Crippen LogP contribution in [0, 0.1) is 0 Å². The highest BCUT2D eigenvalue weighted by Crippen LogP contribution is 2.30. The molecule has 0 spiro atoms. The van der Waals surface area contributed by atoms with Crippen LogP contribution in [0.15, 0.2) is 48.5 Å². The Kier molecular flexibility index (Phi) is 6.30. The van der Waals surface area contributed by atoms with Crippen molar-refractivity contribution in [1.82, 2.24) is 14.9 Å². The topological polar surface area (TPSA) is 61.4 Å². The first-order chi connectivity index (χ1) is 15.0. The van der Waals surface area contributed by atoms with Gasteiger partial charge in [0.15, 0.2) is 5.82 Å². The Morgan fingerprint density at radius 2 is 1.90 bits per heavy atom. The molecule has 1 aliphatic heterocycles. The molecular weight excluding hydrogens is 433 g/mol. The SMILES string of the molecule is CCN(C)c1nc(-c2ccccc2)nc2c1CN(C(=O)Nc1ccc(Cl)c(Cl)c1)CC2. The van der Waals surface area contributed by atoms with Crippen LogP contribution >= 0.6 is 23.2 Å². The predicted molar refractivity (Wildman–Crippen MR) is 126 cm³/mol. The summed E-state index contributed by atoms with van der Waals surface area (Å²) in [6, 6.07) is 14.8. The number of nitrogens with one attached hydrogen (secondary N) is 1. The minimum Gasteiger partial charge on any atom is -0.360 e. The molecule has 0 atom stereocenters. The Morgan fingerprint density at radius 1 is 1.13 bits per heavy atom. The smallest absolute Gasteiger partial charge is 0.322 e. The molecule has 6 nitrogen and oxygen atoms in total. The minimum atomic E-state index is -0.193. The van der Waals surface area contributed by atoms with Crippen molar-refractivity contribution in [3.05, 3.63) is 69.8 Å². The second kappa shape index (κ2) is 9.12. The van der Waals surface area contributed by atoms with Crippen molar-refractivity contribution < 1.29 is 4.79 Å². The average molecular weight is 456 g/mol. The number of hydrogen-bond donors (Lipinski definition) is 1. The average Bonchev–Trinajstić information content (AvgIpc) is 2.80. The fourth-order valence-electron chi connectivity index (χ4n) is 3.53. The van der Waals surface area contributed by atoms with Gasteiger partial charge in [-0.25, -0.2) is 14.8 Å². The molecule has 0 saturated carbocycles. The van der Waals surface area contributed by atoms with E-state index in [1.807, 2.05) is 37.4 Å². The van der Waals surface area contributed by atoms with Crippen molar-refractivity contribution in [3.63, 3.8) is 0 Å². The zero-order chi connectivity index (χ0) is 22.0. The number of amides is 2. The van der Waals surface area contributed by atoms with E-state index >= 15 is 0 Å². The fourth-order valence-corrected chi connectivity index (χ4v) is 3.83. The lowest BCUT2D eigenvalue weighted by molar-refractivity contribution is 0.206. The van der Waals surface area contributed by atoms with Gasteiger partial charge < -0.3 is 15.1 Å². The number of nitrogens with zero attached hydrogens (tertiary/aromatic N) is 4. The number of carbonyl (C=O) groups is 1. The summed E-state index contributed by atoms with van der Waals surface area (Å²) in [4.78, 5) is 26.4. The van der Waals surface area contributed by atoms with Crippen LogP contribution < -0.4 is 10.2 Å². The van der Waals surface area contributed by atoms with E-state index in [9.17, 15) is 4.79 Å². The molecule has 0 fully saturated rings. The number of aromatic nitrogens is 2. The van der Waals surface area contributed by atoms with Crippen molar-refractivity contribution >= 4 is 40.7 Å². The van der Waals surface area contributed by atoms with Gasteiger partial charge in [0, 0.05) is 43.4 Å². The Balaban J connectivity index is 1.61. The summed E-state index contributed by atoms with van der Waals surface area (Å²) in [6.07, 6.45) is 0.664. The molecule has 2 aromatic carbocycles. The quantitative estimate of drug-likeness (QED) is 0.564. The van der Waals surface area contributed by atoms with Crippen LogP contribution in [-0.2, 0) is 13.0 Å². The standard InChI is InChI=1S/C23H23Cl2N5O/c1-3-29(2)22-17-14-30(23(31)26-16-9-10-18(24)19(25)13-16)12-11-20(17)27-21(28-22)15-7-5-4-6-8-15/h4-10,13H,3,11-12,14H2,1-2H3,(H,26,31). The van der Waals surface area contributed by atoms with Gasteiger partial charge in [-0.2, -0.15) is 0 Å². The lowest BCUT2D eigenvalue weighted by atomic mass is 10.0. The zero-order valence-electron chi connectivity index (χ0n) is 17.4. The van der Waals surface area contributed by atoms with Gasteiger partial charge in [0.2, 0.25) is 0 Å². The first-order valence-corrected chi connectivity index (χ1v) is 10.9. The number of carbonyl (C=O) groups excluding carboxylic acids is 1. The van der Waals surface area contributed by atoms with Crippen molar-refractivity contribution in [1.29, 1.82) is 0 Å². The summed E-state index contributed by atoms with van der Waals surface area (Å²) >= 11 is 12.0. The molecule has 2 heterocycles. The van der Waals surface area contributed by atoms with Crippen LogP contribution in [0.2, 0.25) is 10.0 Å². The van der Waals surface area contributed by atoms with Crippen LogP contribution in [-0.4, -0.2) is 41.0 Å². The van der Waals surface area contributed by atoms with Gasteiger partial charge >= 0.3 is 6.03 Å². The molecule has 160 valence electrons. The fraction of sp³-hybridized carbons (Fsp3) is 0.261. The van der Waals surface area contributed by atoms with Gasteiger partial charge in [0.1, 0.15) is 5.82 Å². The molecule has 0 unspecified atom stereocenters. The largest absolute Gasteiger partial charge is 0.360 e. The van der Waals surface area contributed by atoms with Gasteiger partial charge in [-0.3, -0.25) is 0 Å². The summed E-state index contributed by atoms with van der Waals surface area (Å²) in [6.45, 7) is 3.89. The third kappa shape index (κ3) is 4.60. The number of anilines is 2. The van der Waals surface area contributed by atoms with E-state index in [2.05, 4.69) is 17.1 Å². The van der Waals surface area contributed by atoms with E-state index in [1.165, 1.54) is 0 Å². The molecule has 0 bridgehead atoms. The number of halogens is 2. The molecule has 0 radical (unpaired) electrons. The van der Waals surface area contributed by atoms with Gasteiger partial charge in [0.25, 0.3) is 0 Å². The van der Waals surface area contributed by atoms with E-state index < -0.39 is 0 Å². The Bertz CT molecular complexity index is 1110. The molecule has 3 aromatic rings. The molecule has 2 amide bonds. The molecule has 1 aromatic heterocycles. The number of urea groups is 1. The molecular formula is C23H23Cl2N5O. The second-order valence-electron chi connectivity index (χ2n) is 7.41. The summed E-state index contributed by atoms with van der Waals surface area (Å²) < 4.78 is 0. The van der Waals surface area contributed by atoms with Crippen LogP contribution in [0.3, 0.4) is 0 Å². The number of benzene rings is 2. The van der Waals surface area contributed by atoms with Gasteiger partial charge in [-0.15, -0.1) is 0 Å². The lowest BCUT2D eigenvalue weighted by Gasteiger charge is -2.31. The molecule has 1 N–H and O–H groups in total. The minimum absolute atomic E-state index is 0.193. The summed E-state index contributed by atoms with van der Waals surface area (Å²) in [5.74, 6) is 1.57. The van der Waals surface area contributed by atoms with Crippen LogP contribution in [0.5, 0.6) is 0 Å². The Morgan fingerprint density at radius 3 is 2.61 bits per heavy atom. The first-order valence-electron chi connectivity index (χ1n) is 10.1. The highest BCUT2D eigenvalue weighted by molar-refractivity contribution is 6.42. The van der Waals surface area contributed by atoms with E-state index in [0.717, 1.165) is 29.2 Å². The van der Waals surface area contributed by atoms with Crippen molar-refractivity contribution in [3.8, 4) is 11.4 Å². The molecule has 4 rings (SSSR count). The second-order valence-corrected chi connectivity index (χ2v) is 8.22. The summed E-state index contributed by atoms with van der Waals surface area (Å²) in [7, 11) is 2.01. The van der Waals surface area contributed by atoms with Gasteiger partial charge in [0.05, 0.1) is 22.3 Å². The Labute approximate surface area is 191 Å². The van der Waals surface area contributed by atoms with Crippen LogP contribution in [0.1, 0.15) is 18.2 Å². The normalized spacial score (nSPS) is 13.0. The van der Waals surface area contributed by atoms with Crippen LogP contribution in [0.4, 0.5) is 16.3 Å². The number of hydrogen-bond acceptors (Lipinski definition) is 4. The van der Waals surface area contributed by atoms with E-state index in [4.69, 9.17) is 33.2 Å². The van der Waals surface area contributed by atoms with E-state index in [-0.39, 0.29) is 6.03 Å². The molecule has 0 aliphatic carbocycles. The zero-order valence-corrected chi connectivity index (χ0v) is 18.9. The summed E-state index contributed by atoms with van der Waals surface area (Å²) in [5, 5.41) is 3.75. The molecule has 8 heteroatoms. The van der Waals surface area contributed by atoms with Gasteiger partial charge in [-0.1, -0.05) is 53.5 Å². The third-order valence-corrected chi connectivity index (χ3v) is 6.10. The maximum atomic E-state index is 12.9. The number of rotatable bonds is 4. The number of fused-ring (bicyclic) bond motifs is 1. The first kappa shape index (κ1) is 21.4.